The summed E-state index contributed by atoms with van der Waals surface area (Å²) in [6.07, 6.45) is 2.88. The third-order valence-corrected chi connectivity index (χ3v) is 5.44. The van der Waals surface area contributed by atoms with E-state index < -0.39 is 9.84 Å². The zero-order valence-electron chi connectivity index (χ0n) is 11.3. The number of hydrogen-bond donors (Lipinski definition) is 1. The SMILES string of the molecule is COc1ccccc1S(=O)(=O)CCC1CCNCC1. The first-order chi connectivity index (χ1) is 9.13. The van der Waals surface area contributed by atoms with Crippen molar-refractivity contribution in [1.29, 1.82) is 0 Å². The number of methoxy groups -OCH3 is 1. The zero-order valence-corrected chi connectivity index (χ0v) is 12.1. The van der Waals surface area contributed by atoms with Crippen molar-refractivity contribution in [2.45, 2.75) is 24.2 Å². The number of piperidine rings is 1. The van der Waals surface area contributed by atoms with Crippen LogP contribution in [0.15, 0.2) is 29.2 Å². The van der Waals surface area contributed by atoms with E-state index in [-0.39, 0.29) is 5.75 Å². The second-order valence-electron chi connectivity index (χ2n) is 4.95. The molecule has 1 fully saturated rings. The topological polar surface area (TPSA) is 55.4 Å². The standard InChI is InChI=1S/C14H21NO3S/c1-18-13-4-2-3-5-14(13)19(16,17)11-8-12-6-9-15-10-7-12/h2-5,12,15H,6-11H2,1H3. The molecule has 1 aromatic carbocycles. The molecule has 0 aromatic heterocycles. The molecule has 1 heterocycles. The Kier molecular flexibility index (Phi) is 4.82. The zero-order chi connectivity index (χ0) is 13.7. The third kappa shape index (κ3) is 3.70. The van der Waals surface area contributed by atoms with Gasteiger partial charge in [-0.15, -0.1) is 0 Å². The Labute approximate surface area is 115 Å². The molecule has 0 amide bonds. The molecular formula is C14H21NO3S. The van der Waals surface area contributed by atoms with E-state index in [1.165, 1.54) is 7.11 Å². The highest BCUT2D eigenvalue weighted by Crippen LogP contribution is 2.26. The van der Waals surface area contributed by atoms with Crippen LogP contribution in [-0.4, -0.2) is 34.4 Å². The van der Waals surface area contributed by atoms with Crippen molar-refractivity contribution < 1.29 is 13.2 Å². The molecule has 4 nitrogen and oxygen atoms in total. The molecule has 0 saturated carbocycles. The first-order valence-electron chi connectivity index (χ1n) is 6.70. The fraction of sp³-hybridized carbons (Fsp3) is 0.571. The molecule has 106 valence electrons. The summed E-state index contributed by atoms with van der Waals surface area (Å²) in [5.41, 5.74) is 0. The summed E-state index contributed by atoms with van der Waals surface area (Å²) >= 11 is 0. The number of benzene rings is 1. The van der Waals surface area contributed by atoms with Crippen LogP contribution in [0.1, 0.15) is 19.3 Å². The van der Waals surface area contributed by atoms with Crippen LogP contribution in [0.3, 0.4) is 0 Å². The average Bonchev–Trinajstić information content (AvgIpc) is 2.46. The molecule has 1 aliphatic rings. The van der Waals surface area contributed by atoms with Gasteiger partial charge >= 0.3 is 0 Å². The third-order valence-electron chi connectivity index (χ3n) is 3.66. The van der Waals surface area contributed by atoms with Gasteiger partial charge < -0.3 is 10.1 Å². The molecule has 19 heavy (non-hydrogen) atoms. The van der Waals surface area contributed by atoms with Crippen molar-refractivity contribution >= 4 is 9.84 Å². The predicted octanol–water partition coefficient (Wildman–Crippen LogP) is 1.86. The Morgan fingerprint density at radius 1 is 1.26 bits per heavy atom. The molecule has 0 radical (unpaired) electrons. The average molecular weight is 283 g/mol. The second-order valence-corrected chi connectivity index (χ2v) is 7.03. The second kappa shape index (κ2) is 6.39. The fourth-order valence-electron chi connectivity index (χ4n) is 2.48. The quantitative estimate of drug-likeness (QED) is 0.896. The molecule has 2 rings (SSSR count). The van der Waals surface area contributed by atoms with Gasteiger partial charge in [0, 0.05) is 0 Å². The Hall–Kier alpha value is -1.07. The van der Waals surface area contributed by atoms with E-state index in [0.29, 0.717) is 16.6 Å². The van der Waals surface area contributed by atoms with Gasteiger partial charge in [-0.1, -0.05) is 12.1 Å². The Morgan fingerprint density at radius 3 is 2.63 bits per heavy atom. The van der Waals surface area contributed by atoms with Crippen molar-refractivity contribution in [3.8, 4) is 5.75 Å². The van der Waals surface area contributed by atoms with Crippen LogP contribution in [0, 0.1) is 5.92 Å². The van der Waals surface area contributed by atoms with Gasteiger partial charge in [-0.3, -0.25) is 0 Å². The van der Waals surface area contributed by atoms with Crippen LogP contribution >= 0.6 is 0 Å². The van der Waals surface area contributed by atoms with Gasteiger partial charge in [0.25, 0.3) is 0 Å². The number of nitrogens with one attached hydrogen (secondary N) is 1. The summed E-state index contributed by atoms with van der Waals surface area (Å²) in [5.74, 6) is 1.16. The lowest BCUT2D eigenvalue weighted by Crippen LogP contribution is -2.28. The van der Waals surface area contributed by atoms with Crippen molar-refractivity contribution in [3.05, 3.63) is 24.3 Å². The molecule has 5 heteroatoms. The van der Waals surface area contributed by atoms with Gasteiger partial charge in [-0.25, -0.2) is 8.42 Å². The number of rotatable bonds is 5. The highest BCUT2D eigenvalue weighted by Gasteiger charge is 2.22. The number of ether oxygens (including phenoxy) is 1. The summed E-state index contributed by atoms with van der Waals surface area (Å²) in [6.45, 7) is 2.00. The maximum absolute atomic E-state index is 12.4. The van der Waals surface area contributed by atoms with Crippen molar-refractivity contribution in [3.63, 3.8) is 0 Å². The van der Waals surface area contributed by atoms with E-state index in [4.69, 9.17) is 4.74 Å². The van der Waals surface area contributed by atoms with Crippen LogP contribution in [0.4, 0.5) is 0 Å². The molecule has 0 spiro atoms. The van der Waals surface area contributed by atoms with Gasteiger partial charge in [0.1, 0.15) is 10.6 Å². The number of para-hydroxylation sites is 1. The molecule has 1 aromatic rings. The minimum atomic E-state index is -3.25. The molecule has 0 aliphatic carbocycles. The largest absolute Gasteiger partial charge is 0.495 e. The van der Waals surface area contributed by atoms with Gasteiger partial charge in [0.2, 0.25) is 0 Å². The van der Waals surface area contributed by atoms with E-state index in [1.54, 1.807) is 24.3 Å². The predicted molar refractivity (Wildman–Crippen MR) is 75.3 cm³/mol. The summed E-state index contributed by atoms with van der Waals surface area (Å²) in [5, 5.41) is 3.29. The van der Waals surface area contributed by atoms with Crippen LogP contribution in [0.2, 0.25) is 0 Å². The van der Waals surface area contributed by atoms with Crippen molar-refractivity contribution in [2.75, 3.05) is 26.0 Å². The van der Waals surface area contributed by atoms with E-state index in [0.717, 1.165) is 32.4 Å². The van der Waals surface area contributed by atoms with Crippen LogP contribution < -0.4 is 10.1 Å². The molecule has 1 saturated heterocycles. The summed E-state index contributed by atoms with van der Waals surface area (Å²) < 4.78 is 29.9. The first-order valence-corrected chi connectivity index (χ1v) is 8.35. The molecule has 1 N–H and O–H groups in total. The number of hydrogen-bond acceptors (Lipinski definition) is 4. The molecular weight excluding hydrogens is 262 g/mol. The maximum Gasteiger partial charge on any atom is 0.182 e. The minimum absolute atomic E-state index is 0.206. The normalized spacial score (nSPS) is 17.3. The smallest absolute Gasteiger partial charge is 0.182 e. The van der Waals surface area contributed by atoms with E-state index in [9.17, 15) is 8.42 Å². The van der Waals surface area contributed by atoms with Crippen LogP contribution in [0.25, 0.3) is 0 Å². The Balaban J connectivity index is 2.05. The minimum Gasteiger partial charge on any atom is -0.495 e. The van der Waals surface area contributed by atoms with Crippen LogP contribution in [-0.2, 0) is 9.84 Å². The highest BCUT2D eigenvalue weighted by atomic mass is 32.2. The Bertz CT molecular complexity index is 507. The first kappa shape index (κ1) is 14.3. The molecule has 0 atom stereocenters. The van der Waals surface area contributed by atoms with E-state index in [1.807, 2.05) is 0 Å². The van der Waals surface area contributed by atoms with E-state index in [2.05, 4.69) is 5.32 Å². The van der Waals surface area contributed by atoms with Gasteiger partial charge in [0.05, 0.1) is 12.9 Å². The maximum atomic E-state index is 12.4. The lowest BCUT2D eigenvalue weighted by molar-refractivity contribution is 0.365. The lowest BCUT2D eigenvalue weighted by atomic mass is 9.96. The number of sulfone groups is 1. The fourth-order valence-corrected chi connectivity index (χ4v) is 4.09. The van der Waals surface area contributed by atoms with Crippen LogP contribution in [0.5, 0.6) is 5.75 Å². The van der Waals surface area contributed by atoms with Crippen molar-refractivity contribution in [2.24, 2.45) is 5.92 Å². The van der Waals surface area contributed by atoms with Gasteiger partial charge in [-0.2, -0.15) is 0 Å². The molecule has 0 unspecified atom stereocenters. The summed E-state index contributed by atoms with van der Waals surface area (Å²) in [4.78, 5) is 0.312. The summed E-state index contributed by atoms with van der Waals surface area (Å²) in [7, 11) is -1.75. The van der Waals surface area contributed by atoms with Gasteiger partial charge in [0.15, 0.2) is 9.84 Å². The van der Waals surface area contributed by atoms with Crippen molar-refractivity contribution in [1.82, 2.24) is 5.32 Å². The van der Waals surface area contributed by atoms with E-state index >= 15 is 0 Å². The highest BCUT2D eigenvalue weighted by molar-refractivity contribution is 7.91. The monoisotopic (exact) mass is 283 g/mol. The Morgan fingerprint density at radius 2 is 1.95 bits per heavy atom. The lowest BCUT2D eigenvalue weighted by Gasteiger charge is -2.22. The molecule has 0 bridgehead atoms. The van der Waals surface area contributed by atoms with Gasteiger partial charge in [-0.05, 0) is 50.4 Å². The molecule has 1 aliphatic heterocycles. The summed E-state index contributed by atoms with van der Waals surface area (Å²) in [6, 6.07) is 6.83.